The monoisotopic (exact) mass is 244 g/mol. The first kappa shape index (κ1) is 14.7. The molecule has 0 aliphatic carbocycles. The Bertz CT molecular complexity index is 423. The topological polar surface area (TPSA) is 35.8 Å². The van der Waals surface area contributed by atoms with Gasteiger partial charge < -0.3 is 5.32 Å². The molecule has 1 aromatic carbocycles. The average molecular weight is 244 g/mol. The molecule has 1 N–H and O–H groups in total. The lowest BCUT2D eigenvalue weighted by atomic mass is 9.82. The molecule has 0 spiro atoms. The summed E-state index contributed by atoms with van der Waals surface area (Å²) in [4.78, 5) is 0. The number of nitrogens with one attached hydrogen (secondary N) is 1. The Morgan fingerprint density at radius 3 is 2.50 bits per heavy atom. The summed E-state index contributed by atoms with van der Waals surface area (Å²) in [6.07, 6.45) is 0. The van der Waals surface area contributed by atoms with Crippen molar-refractivity contribution >= 4 is 0 Å². The van der Waals surface area contributed by atoms with Crippen molar-refractivity contribution < 1.29 is 0 Å². The highest BCUT2D eigenvalue weighted by atomic mass is 14.9. The summed E-state index contributed by atoms with van der Waals surface area (Å²) in [5, 5.41) is 12.4. The van der Waals surface area contributed by atoms with Crippen LogP contribution in [0.15, 0.2) is 24.3 Å². The number of nitrogens with zero attached hydrogens (tertiary/aromatic N) is 1. The second-order valence-electron chi connectivity index (χ2n) is 6.13. The molecule has 0 fully saturated rings. The highest BCUT2D eigenvalue weighted by Gasteiger charge is 2.20. The van der Waals surface area contributed by atoms with Crippen LogP contribution in [0.1, 0.15) is 51.8 Å². The van der Waals surface area contributed by atoms with Crippen molar-refractivity contribution in [3.8, 4) is 6.07 Å². The molecule has 0 aliphatic rings. The van der Waals surface area contributed by atoms with Gasteiger partial charge in [0.05, 0.1) is 11.6 Å². The number of nitriles is 1. The van der Waals surface area contributed by atoms with E-state index in [4.69, 9.17) is 5.26 Å². The predicted molar refractivity (Wildman–Crippen MR) is 76.2 cm³/mol. The number of rotatable bonds is 4. The van der Waals surface area contributed by atoms with Gasteiger partial charge in [-0.25, -0.2) is 0 Å². The first-order valence-corrected chi connectivity index (χ1v) is 6.58. The third-order valence-corrected chi connectivity index (χ3v) is 3.72. The lowest BCUT2D eigenvalue weighted by Gasteiger charge is -2.29. The van der Waals surface area contributed by atoms with Crippen LogP contribution >= 0.6 is 0 Å². The van der Waals surface area contributed by atoms with E-state index in [-0.39, 0.29) is 6.04 Å². The van der Waals surface area contributed by atoms with Crippen molar-refractivity contribution in [1.29, 1.82) is 5.26 Å². The van der Waals surface area contributed by atoms with E-state index in [1.165, 1.54) is 5.56 Å². The van der Waals surface area contributed by atoms with Crippen molar-refractivity contribution in [2.24, 2.45) is 11.3 Å². The van der Waals surface area contributed by atoms with Crippen LogP contribution in [0.25, 0.3) is 0 Å². The fraction of sp³-hybridized carbons (Fsp3) is 0.562. The third-order valence-electron chi connectivity index (χ3n) is 3.72. The summed E-state index contributed by atoms with van der Waals surface area (Å²) < 4.78 is 0. The van der Waals surface area contributed by atoms with Crippen LogP contribution in [0.2, 0.25) is 0 Å². The minimum Gasteiger partial charge on any atom is -0.310 e. The zero-order chi connectivity index (χ0) is 13.8. The van der Waals surface area contributed by atoms with Gasteiger partial charge in [0.1, 0.15) is 0 Å². The normalized spacial score (nSPS) is 14.9. The van der Waals surface area contributed by atoms with Gasteiger partial charge in [-0.05, 0) is 42.5 Å². The van der Waals surface area contributed by atoms with Gasteiger partial charge in [0.2, 0.25) is 0 Å². The molecule has 0 heterocycles. The fourth-order valence-electron chi connectivity index (χ4n) is 1.66. The molecule has 0 aromatic heterocycles. The summed E-state index contributed by atoms with van der Waals surface area (Å²) in [5.41, 5.74) is 2.22. The molecule has 2 unspecified atom stereocenters. The molecule has 0 bridgehead atoms. The molecule has 1 aromatic rings. The van der Waals surface area contributed by atoms with Crippen LogP contribution in [0, 0.1) is 22.7 Å². The third kappa shape index (κ3) is 4.16. The Morgan fingerprint density at radius 2 is 1.94 bits per heavy atom. The van der Waals surface area contributed by atoms with Crippen LogP contribution in [-0.4, -0.2) is 6.54 Å². The van der Waals surface area contributed by atoms with Crippen LogP contribution < -0.4 is 5.32 Å². The van der Waals surface area contributed by atoms with Crippen molar-refractivity contribution in [3.63, 3.8) is 0 Å². The minimum atomic E-state index is 0.281. The molecular weight excluding hydrogens is 220 g/mol. The van der Waals surface area contributed by atoms with E-state index in [0.29, 0.717) is 11.3 Å². The van der Waals surface area contributed by atoms with Gasteiger partial charge in [-0.2, -0.15) is 5.26 Å². The molecular formula is C16H24N2. The Labute approximate surface area is 111 Å². The summed E-state index contributed by atoms with van der Waals surface area (Å²) in [5.74, 6) is 0.610. The maximum atomic E-state index is 8.90. The zero-order valence-corrected chi connectivity index (χ0v) is 12.1. The lowest BCUT2D eigenvalue weighted by molar-refractivity contribution is 0.247. The molecule has 98 valence electrons. The molecule has 0 saturated carbocycles. The fourth-order valence-corrected chi connectivity index (χ4v) is 1.66. The standard InChI is InChI=1S/C16H24N2/c1-12(16(3,4)5)11-18-13(2)15-8-6-7-14(9-15)10-17/h6-9,12-13,18H,11H2,1-5H3. The molecule has 2 nitrogen and oxygen atoms in total. The van der Waals surface area contributed by atoms with Crippen molar-refractivity contribution in [3.05, 3.63) is 35.4 Å². The van der Waals surface area contributed by atoms with Gasteiger partial charge in [0.25, 0.3) is 0 Å². The second kappa shape index (κ2) is 6.02. The first-order valence-electron chi connectivity index (χ1n) is 6.58. The minimum absolute atomic E-state index is 0.281. The Balaban J connectivity index is 2.61. The lowest BCUT2D eigenvalue weighted by Crippen LogP contribution is -2.31. The second-order valence-corrected chi connectivity index (χ2v) is 6.13. The number of hydrogen-bond donors (Lipinski definition) is 1. The molecule has 0 amide bonds. The molecule has 0 saturated heterocycles. The summed E-state index contributed by atoms with van der Waals surface area (Å²) in [7, 11) is 0. The van der Waals surface area contributed by atoms with Crippen molar-refractivity contribution in [2.45, 2.75) is 40.7 Å². The molecule has 1 rings (SSSR count). The van der Waals surface area contributed by atoms with Crippen LogP contribution in [0.4, 0.5) is 0 Å². The van der Waals surface area contributed by atoms with Gasteiger partial charge >= 0.3 is 0 Å². The number of benzene rings is 1. The van der Waals surface area contributed by atoms with Gasteiger partial charge in [-0.3, -0.25) is 0 Å². The van der Waals surface area contributed by atoms with Gasteiger partial charge in [0, 0.05) is 6.04 Å². The highest BCUT2D eigenvalue weighted by Crippen LogP contribution is 2.25. The first-order chi connectivity index (χ1) is 8.34. The SMILES string of the molecule is CC(NCC(C)C(C)(C)C)c1cccc(C#N)c1. The predicted octanol–water partition coefficient (Wildman–Crippen LogP) is 3.89. The summed E-state index contributed by atoms with van der Waals surface area (Å²) in [6.45, 7) is 12.2. The van der Waals surface area contributed by atoms with E-state index < -0.39 is 0 Å². The zero-order valence-electron chi connectivity index (χ0n) is 12.1. The molecule has 0 aliphatic heterocycles. The smallest absolute Gasteiger partial charge is 0.0991 e. The van der Waals surface area contributed by atoms with Crippen LogP contribution in [0.3, 0.4) is 0 Å². The van der Waals surface area contributed by atoms with E-state index in [1.54, 1.807) is 0 Å². The largest absolute Gasteiger partial charge is 0.310 e. The van der Waals surface area contributed by atoms with Crippen molar-refractivity contribution in [2.75, 3.05) is 6.54 Å². The average Bonchev–Trinajstić information content (AvgIpc) is 2.34. The Kier molecular flexibility index (Phi) is 4.93. The van der Waals surface area contributed by atoms with Gasteiger partial charge in [-0.1, -0.05) is 39.8 Å². The van der Waals surface area contributed by atoms with Crippen LogP contribution in [-0.2, 0) is 0 Å². The number of hydrogen-bond acceptors (Lipinski definition) is 2. The van der Waals surface area contributed by atoms with Gasteiger partial charge in [0.15, 0.2) is 0 Å². The van der Waals surface area contributed by atoms with E-state index >= 15 is 0 Å². The van der Waals surface area contributed by atoms with Crippen LogP contribution in [0.5, 0.6) is 0 Å². The molecule has 18 heavy (non-hydrogen) atoms. The molecule has 2 heteroatoms. The van der Waals surface area contributed by atoms with E-state index in [9.17, 15) is 0 Å². The maximum Gasteiger partial charge on any atom is 0.0991 e. The van der Waals surface area contributed by atoms with Crippen molar-refractivity contribution in [1.82, 2.24) is 5.32 Å². The Morgan fingerprint density at radius 1 is 1.28 bits per heavy atom. The maximum absolute atomic E-state index is 8.90. The quantitative estimate of drug-likeness (QED) is 0.872. The Hall–Kier alpha value is -1.33. The molecule has 2 atom stereocenters. The van der Waals surface area contributed by atoms with Gasteiger partial charge in [-0.15, -0.1) is 0 Å². The summed E-state index contributed by atoms with van der Waals surface area (Å²) >= 11 is 0. The van der Waals surface area contributed by atoms with E-state index in [2.05, 4.69) is 52.1 Å². The van der Waals surface area contributed by atoms with E-state index in [0.717, 1.165) is 12.1 Å². The van der Waals surface area contributed by atoms with E-state index in [1.807, 2.05) is 18.2 Å². The highest BCUT2D eigenvalue weighted by molar-refractivity contribution is 5.33. The summed E-state index contributed by atoms with van der Waals surface area (Å²) in [6, 6.07) is 10.3. The molecule has 0 radical (unpaired) electrons.